The number of rotatable bonds is 8. The number of carboxylic acid groups (broad SMARTS) is 1. The van der Waals surface area contributed by atoms with Crippen molar-refractivity contribution >= 4 is 29.3 Å². The van der Waals surface area contributed by atoms with E-state index in [1.54, 1.807) is 54.7 Å². The van der Waals surface area contributed by atoms with Gasteiger partial charge >= 0.3 is 12.0 Å². The average Bonchev–Trinajstić information content (AvgIpc) is 2.75. The number of ether oxygens (including phenoxy) is 1. The van der Waals surface area contributed by atoms with Crippen molar-refractivity contribution < 1.29 is 24.2 Å². The number of benzene rings is 2. The van der Waals surface area contributed by atoms with Gasteiger partial charge < -0.3 is 26.2 Å². The van der Waals surface area contributed by atoms with Crippen LogP contribution < -0.4 is 21.1 Å². The van der Waals surface area contributed by atoms with E-state index in [9.17, 15) is 19.5 Å². The molecule has 3 rings (SSSR count). The molecule has 1 heterocycles. The maximum absolute atomic E-state index is 12.7. The number of carbonyl (C=O) groups excluding carboxylic acids is 2. The topological polar surface area (TPSA) is 144 Å². The second kappa shape index (κ2) is 9.88. The highest BCUT2D eigenvalue weighted by Gasteiger charge is 2.20. The van der Waals surface area contributed by atoms with Crippen LogP contribution in [0.4, 0.5) is 16.2 Å². The molecule has 0 aliphatic carbocycles. The summed E-state index contributed by atoms with van der Waals surface area (Å²) in [4.78, 5) is 38.9. The molecule has 3 amide bonds. The number of hydrogen-bond donors (Lipinski definition) is 4. The monoisotopic (exact) mass is 420 g/mol. The summed E-state index contributed by atoms with van der Waals surface area (Å²) >= 11 is 0. The largest absolute Gasteiger partial charge is 0.483 e. The fourth-order valence-electron chi connectivity index (χ4n) is 2.82. The summed E-state index contributed by atoms with van der Waals surface area (Å²) in [6.45, 7) is 0. The number of nitrogens with one attached hydrogen (secondary N) is 2. The predicted octanol–water partition coefficient (Wildman–Crippen LogP) is 3.42. The van der Waals surface area contributed by atoms with E-state index < -0.39 is 24.0 Å². The zero-order chi connectivity index (χ0) is 22.2. The molecule has 0 spiro atoms. The first kappa shape index (κ1) is 21.3. The third kappa shape index (κ3) is 6.04. The molecule has 0 saturated heterocycles. The van der Waals surface area contributed by atoms with Gasteiger partial charge in [-0.1, -0.05) is 18.2 Å². The summed E-state index contributed by atoms with van der Waals surface area (Å²) in [7, 11) is 0. The van der Waals surface area contributed by atoms with Gasteiger partial charge in [0, 0.05) is 29.2 Å². The second-order valence-corrected chi connectivity index (χ2v) is 6.51. The van der Waals surface area contributed by atoms with E-state index in [0.717, 1.165) is 0 Å². The Morgan fingerprint density at radius 3 is 2.39 bits per heavy atom. The van der Waals surface area contributed by atoms with E-state index in [4.69, 9.17) is 10.5 Å². The van der Waals surface area contributed by atoms with Crippen LogP contribution in [0.5, 0.6) is 5.75 Å². The molecule has 1 aromatic heterocycles. The lowest BCUT2D eigenvalue weighted by molar-refractivity contribution is -0.138. The molecule has 0 aliphatic rings. The molecule has 31 heavy (non-hydrogen) atoms. The SMILES string of the molecule is NC(=O)Nc1ccc(C(=O)Nc2ccccc2OC(CC(=O)O)c2cccnc2)cc1. The molecule has 9 heteroatoms. The van der Waals surface area contributed by atoms with Gasteiger partial charge in [-0.25, -0.2) is 4.79 Å². The Morgan fingerprint density at radius 1 is 1.00 bits per heavy atom. The molecule has 1 unspecified atom stereocenters. The van der Waals surface area contributed by atoms with Crippen molar-refractivity contribution in [2.24, 2.45) is 5.73 Å². The van der Waals surface area contributed by atoms with Crippen molar-refractivity contribution in [2.45, 2.75) is 12.5 Å². The van der Waals surface area contributed by atoms with Gasteiger partial charge in [0.2, 0.25) is 0 Å². The van der Waals surface area contributed by atoms with Crippen LogP contribution in [0, 0.1) is 0 Å². The van der Waals surface area contributed by atoms with Crippen LogP contribution in [0.3, 0.4) is 0 Å². The maximum Gasteiger partial charge on any atom is 0.316 e. The minimum atomic E-state index is -1.03. The number of para-hydroxylation sites is 2. The third-order valence-electron chi connectivity index (χ3n) is 4.24. The Labute approximate surface area is 177 Å². The third-order valence-corrected chi connectivity index (χ3v) is 4.24. The van der Waals surface area contributed by atoms with Crippen molar-refractivity contribution in [3.63, 3.8) is 0 Å². The number of anilines is 2. The number of amides is 3. The molecule has 158 valence electrons. The number of carbonyl (C=O) groups is 3. The summed E-state index contributed by atoms with van der Waals surface area (Å²) in [6, 6.07) is 15.6. The maximum atomic E-state index is 12.7. The minimum absolute atomic E-state index is 0.275. The molecule has 3 aromatic rings. The van der Waals surface area contributed by atoms with Crippen molar-refractivity contribution in [1.82, 2.24) is 4.98 Å². The highest BCUT2D eigenvalue weighted by atomic mass is 16.5. The second-order valence-electron chi connectivity index (χ2n) is 6.51. The molecule has 0 bridgehead atoms. The zero-order valence-corrected chi connectivity index (χ0v) is 16.3. The quantitative estimate of drug-likeness (QED) is 0.440. The summed E-state index contributed by atoms with van der Waals surface area (Å²) in [5, 5.41) is 14.4. The first-order chi connectivity index (χ1) is 14.9. The standard InChI is InChI=1S/C22H20N4O5/c23-22(30)25-16-9-7-14(8-10-16)21(29)26-17-5-1-2-6-18(17)31-19(12-20(27)28)15-4-3-11-24-13-15/h1-11,13,19H,12H2,(H,26,29)(H,27,28)(H3,23,25,30). The lowest BCUT2D eigenvalue weighted by Crippen LogP contribution is -2.19. The van der Waals surface area contributed by atoms with E-state index in [1.165, 1.54) is 18.3 Å². The number of carboxylic acids is 1. The van der Waals surface area contributed by atoms with E-state index in [0.29, 0.717) is 28.3 Å². The smallest absolute Gasteiger partial charge is 0.316 e. The Balaban J connectivity index is 1.78. The highest BCUT2D eigenvalue weighted by molar-refractivity contribution is 6.05. The van der Waals surface area contributed by atoms with Gasteiger partial charge in [-0.15, -0.1) is 0 Å². The molecule has 9 nitrogen and oxygen atoms in total. The fraction of sp³-hybridized carbons (Fsp3) is 0.0909. The fourth-order valence-corrected chi connectivity index (χ4v) is 2.82. The van der Waals surface area contributed by atoms with Crippen LogP contribution in [0.25, 0.3) is 0 Å². The van der Waals surface area contributed by atoms with E-state index in [2.05, 4.69) is 15.6 Å². The number of nitrogens with two attached hydrogens (primary N) is 1. The van der Waals surface area contributed by atoms with Crippen molar-refractivity contribution in [2.75, 3.05) is 10.6 Å². The van der Waals surface area contributed by atoms with Gasteiger partial charge in [0.25, 0.3) is 5.91 Å². The van der Waals surface area contributed by atoms with Crippen molar-refractivity contribution in [1.29, 1.82) is 0 Å². The summed E-state index contributed by atoms with van der Waals surface area (Å²) in [6.07, 6.45) is 2.06. The van der Waals surface area contributed by atoms with Crippen LogP contribution in [-0.2, 0) is 4.79 Å². The molecule has 0 fully saturated rings. The van der Waals surface area contributed by atoms with Crippen LogP contribution in [0.2, 0.25) is 0 Å². The van der Waals surface area contributed by atoms with Crippen LogP contribution in [0.1, 0.15) is 28.4 Å². The number of urea groups is 1. The number of hydrogen-bond acceptors (Lipinski definition) is 5. The Kier molecular flexibility index (Phi) is 6.79. The van der Waals surface area contributed by atoms with E-state index in [1.807, 2.05) is 0 Å². The molecule has 0 radical (unpaired) electrons. The average molecular weight is 420 g/mol. The zero-order valence-electron chi connectivity index (χ0n) is 16.3. The first-order valence-corrected chi connectivity index (χ1v) is 9.27. The Morgan fingerprint density at radius 2 is 1.74 bits per heavy atom. The van der Waals surface area contributed by atoms with Gasteiger partial charge in [-0.05, 0) is 42.5 Å². The number of aromatic nitrogens is 1. The first-order valence-electron chi connectivity index (χ1n) is 9.27. The number of aliphatic carboxylic acids is 1. The van der Waals surface area contributed by atoms with E-state index >= 15 is 0 Å². The summed E-state index contributed by atoms with van der Waals surface area (Å²) in [5.74, 6) is -1.11. The molecular weight excluding hydrogens is 400 g/mol. The Hall–Kier alpha value is -4.40. The molecule has 0 aliphatic heterocycles. The van der Waals surface area contributed by atoms with Gasteiger partial charge in [0.05, 0.1) is 12.1 Å². The van der Waals surface area contributed by atoms with Gasteiger partial charge in [0.15, 0.2) is 0 Å². The van der Waals surface area contributed by atoms with Gasteiger partial charge in [0.1, 0.15) is 11.9 Å². The number of nitrogens with zero attached hydrogens (tertiary/aromatic N) is 1. The highest BCUT2D eigenvalue weighted by Crippen LogP contribution is 2.31. The van der Waals surface area contributed by atoms with Crippen molar-refractivity contribution in [3.05, 3.63) is 84.2 Å². The molecule has 0 saturated carbocycles. The predicted molar refractivity (Wildman–Crippen MR) is 114 cm³/mol. The summed E-state index contributed by atoms with van der Waals surface area (Å²) < 4.78 is 5.95. The lowest BCUT2D eigenvalue weighted by Gasteiger charge is -2.20. The van der Waals surface area contributed by atoms with E-state index in [-0.39, 0.29) is 6.42 Å². The van der Waals surface area contributed by atoms with Crippen LogP contribution >= 0.6 is 0 Å². The molecule has 5 N–H and O–H groups in total. The molecular formula is C22H20N4O5. The molecule has 2 aromatic carbocycles. The minimum Gasteiger partial charge on any atom is -0.483 e. The van der Waals surface area contributed by atoms with Gasteiger partial charge in [-0.2, -0.15) is 0 Å². The molecule has 1 atom stereocenters. The number of primary amides is 1. The number of pyridine rings is 1. The normalized spacial score (nSPS) is 11.2. The summed E-state index contributed by atoms with van der Waals surface area (Å²) in [5.41, 5.74) is 6.86. The van der Waals surface area contributed by atoms with Crippen LogP contribution in [0.15, 0.2) is 73.1 Å². The van der Waals surface area contributed by atoms with Crippen LogP contribution in [-0.4, -0.2) is 28.0 Å². The lowest BCUT2D eigenvalue weighted by atomic mass is 10.1. The van der Waals surface area contributed by atoms with Gasteiger partial charge in [-0.3, -0.25) is 14.6 Å². The Bertz CT molecular complexity index is 1070. The van der Waals surface area contributed by atoms with Crippen molar-refractivity contribution in [3.8, 4) is 5.75 Å².